The lowest BCUT2D eigenvalue weighted by molar-refractivity contribution is -0.258. The van der Waals surface area contributed by atoms with Crippen LogP contribution in [0, 0.1) is 0 Å². The van der Waals surface area contributed by atoms with Crippen LogP contribution in [0.25, 0.3) is 0 Å². The van der Waals surface area contributed by atoms with Crippen molar-refractivity contribution < 1.29 is 39.9 Å². The summed E-state index contributed by atoms with van der Waals surface area (Å²) in [7, 11) is -4.28. The fourth-order valence-electron chi connectivity index (χ4n) is 3.76. The van der Waals surface area contributed by atoms with Crippen LogP contribution < -0.4 is 4.90 Å². The van der Waals surface area contributed by atoms with Crippen LogP contribution >= 0.6 is 0 Å². The highest BCUT2D eigenvalue weighted by Gasteiger charge is 2.51. The zero-order chi connectivity index (χ0) is 24.8. The molecule has 0 bridgehead atoms. The number of alkyl halides is 6. The molecule has 12 heteroatoms. The molecule has 33 heavy (non-hydrogen) atoms. The zero-order valence-electron chi connectivity index (χ0n) is 17.7. The van der Waals surface area contributed by atoms with Crippen LogP contribution in [0.5, 0.6) is 0 Å². The molecule has 2 aromatic rings. The van der Waals surface area contributed by atoms with Crippen molar-refractivity contribution in [3.63, 3.8) is 0 Å². The molecule has 0 aliphatic carbocycles. The number of para-hydroxylation sites is 1. The summed E-state index contributed by atoms with van der Waals surface area (Å²) in [6, 6.07) is 8.16. The van der Waals surface area contributed by atoms with Gasteiger partial charge in [0.1, 0.15) is 0 Å². The third-order valence-corrected chi connectivity index (χ3v) is 7.68. The van der Waals surface area contributed by atoms with Gasteiger partial charge in [0.2, 0.25) is 10.0 Å². The maximum Gasteiger partial charge on any atom is 0.421 e. The van der Waals surface area contributed by atoms with E-state index < -0.39 is 50.0 Å². The van der Waals surface area contributed by atoms with Crippen molar-refractivity contribution in [2.24, 2.45) is 0 Å². The topological polar surface area (TPSA) is 60.9 Å². The fourth-order valence-corrected chi connectivity index (χ4v) is 5.42. The molecule has 2 atom stereocenters. The first-order valence-corrected chi connectivity index (χ1v) is 11.3. The Bertz CT molecular complexity index is 1120. The van der Waals surface area contributed by atoms with E-state index in [-0.39, 0.29) is 25.3 Å². The van der Waals surface area contributed by atoms with Gasteiger partial charge in [-0.2, -0.15) is 30.6 Å². The summed E-state index contributed by atoms with van der Waals surface area (Å²) in [4.78, 5) is 0.991. The molecular formula is C21H22F6N2O3S. The number of piperazine rings is 1. The Balaban J connectivity index is 1.88. The summed E-state index contributed by atoms with van der Waals surface area (Å²) >= 11 is 0. The highest BCUT2D eigenvalue weighted by atomic mass is 32.2. The summed E-state index contributed by atoms with van der Waals surface area (Å²) in [6.45, 7) is 1.77. The normalized spacial score (nSPS) is 20.5. The highest BCUT2D eigenvalue weighted by molar-refractivity contribution is 7.89. The van der Waals surface area contributed by atoms with Crippen LogP contribution in [-0.2, 0) is 21.8 Å². The quantitative estimate of drug-likeness (QED) is 0.639. The number of anilines is 1. The van der Waals surface area contributed by atoms with E-state index in [4.69, 9.17) is 0 Å². The van der Waals surface area contributed by atoms with E-state index in [1.807, 2.05) is 0 Å². The van der Waals surface area contributed by atoms with Gasteiger partial charge in [-0.25, -0.2) is 8.42 Å². The molecule has 1 aliphatic heterocycles. The first-order chi connectivity index (χ1) is 15.1. The van der Waals surface area contributed by atoms with E-state index in [2.05, 4.69) is 0 Å². The predicted octanol–water partition coefficient (Wildman–Crippen LogP) is 4.37. The molecular weight excluding hydrogens is 474 g/mol. The summed E-state index contributed by atoms with van der Waals surface area (Å²) < 4.78 is 107. The number of hydrogen-bond acceptors (Lipinski definition) is 4. The zero-order valence-corrected chi connectivity index (χ0v) is 18.5. The maximum atomic E-state index is 13.4. The Kier molecular flexibility index (Phi) is 6.50. The van der Waals surface area contributed by atoms with E-state index in [9.17, 15) is 39.9 Å². The number of halogens is 6. The third kappa shape index (κ3) is 4.82. The fraction of sp³-hybridized carbons (Fsp3) is 0.429. The molecule has 0 spiro atoms. The number of sulfonamides is 1. The van der Waals surface area contributed by atoms with Crippen LogP contribution in [0.2, 0.25) is 0 Å². The molecule has 1 fully saturated rings. The molecule has 2 aromatic carbocycles. The number of aliphatic hydroxyl groups is 1. The minimum Gasteiger partial charge on any atom is -0.376 e. The maximum absolute atomic E-state index is 13.4. The molecule has 1 N–H and O–H groups in total. The van der Waals surface area contributed by atoms with Crippen LogP contribution in [-0.4, -0.2) is 49.7 Å². The Labute approximate surface area is 187 Å². The van der Waals surface area contributed by atoms with Crippen molar-refractivity contribution in [2.75, 3.05) is 24.5 Å². The Morgan fingerprint density at radius 1 is 0.970 bits per heavy atom. The van der Waals surface area contributed by atoms with Crippen LogP contribution in [0.1, 0.15) is 25.0 Å². The van der Waals surface area contributed by atoms with Gasteiger partial charge in [-0.1, -0.05) is 24.3 Å². The molecule has 182 valence electrons. The van der Waals surface area contributed by atoms with E-state index in [0.717, 1.165) is 34.6 Å². The van der Waals surface area contributed by atoms with E-state index >= 15 is 0 Å². The van der Waals surface area contributed by atoms with Gasteiger partial charge in [-0.15, -0.1) is 0 Å². The van der Waals surface area contributed by atoms with Gasteiger partial charge in [-0.05, 0) is 43.7 Å². The Hall–Kier alpha value is -2.31. The van der Waals surface area contributed by atoms with Crippen molar-refractivity contribution in [3.8, 4) is 0 Å². The van der Waals surface area contributed by atoms with E-state index in [0.29, 0.717) is 6.92 Å². The van der Waals surface area contributed by atoms with Gasteiger partial charge in [0.25, 0.3) is 0 Å². The van der Waals surface area contributed by atoms with Crippen LogP contribution in [0.3, 0.4) is 0 Å². The molecule has 1 heterocycles. The predicted molar refractivity (Wildman–Crippen MR) is 109 cm³/mol. The van der Waals surface area contributed by atoms with E-state index in [1.54, 1.807) is 0 Å². The van der Waals surface area contributed by atoms with Crippen molar-refractivity contribution in [2.45, 2.75) is 42.7 Å². The van der Waals surface area contributed by atoms with Crippen LogP contribution in [0.4, 0.5) is 32.0 Å². The van der Waals surface area contributed by atoms with Crippen molar-refractivity contribution in [3.05, 3.63) is 59.7 Å². The lowest BCUT2D eigenvalue weighted by atomic mass is 9.96. The average Bonchev–Trinajstić information content (AvgIpc) is 2.72. The second-order valence-electron chi connectivity index (χ2n) is 8.02. The standard InChI is InChI=1S/C21H22F6N2O3S/c1-14-13-28(18-9-4-3-8-17(18)20(22,23)24)10-11-29(14)33(31,32)16-7-5-6-15(12-16)19(2,30)21(25,26)27/h3-9,12,14,30H,10-11,13H2,1-2H3/t14-,19?/m1/s1. The van der Waals surface area contributed by atoms with Gasteiger partial charge in [0, 0.05) is 31.4 Å². The second-order valence-corrected chi connectivity index (χ2v) is 9.91. The van der Waals surface area contributed by atoms with Crippen molar-refractivity contribution in [1.82, 2.24) is 4.31 Å². The van der Waals surface area contributed by atoms with Crippen molar-refractivity contribution in [1.29, 1.82) is 0 Å². The lowest BCUT2D eigenvalue weighted by Crippen LogP contribution is -2.54. The number of rotatable bonds is 4. The molecule has 5 nitrogen and oxygen atoms in total. The first kappa shape index (κ1) is 25.3. The number of nitrogens with zero attached hydrogens (tertiary/aromatic N) is 2. The monoisotopic (exact) mass is 496 g/mol. The number of benzene rings is 2. The molecule has 0 radical (unpaired) electrons. The minimum atomic E-state index is -5.03. The molecule has 0 saturated carbocycles. The smallest absolute Gasteiger partial charge is 0.376 e. The lowest BCUT2D eigenvalue weighted by Gasteiger charge is -2.41. The molecule has 1 saturated heterocycles. The molecule has 0 amide bonds. The molecule has 1 unspecified atom stereocenters. The Morgan fingerprint density at radius 2 is 1.61 bits per heavy atom. The summed E-state index contributed by atoms with van der Waals surface area (Å²) in [5.74, 6) is 0. The molecule has 0 aromatic heterocycles. The van der Waals surface area contributed by atoms with E-state index in [1.165, 1.54) is 30.0 Å². The molecule has 1 aliphatic rings. The average molecular weight is 496 g/mol. The van der Waals surface area contributed by atoms with Gasteiger partial charge >= 0.3 is 12.4 Å². The SMILES string of the molecule is C[C@@H]1CN(c2ccccc2C(F)(F)F)CCN1S(=O)(=O)c1cccc(C(C)(O)C(F)(F)F)c1. The van der Waals surface area contributed by atoms with Gasteiger partial charge in [0.15, 0.2) is 5.60 Å². The second kappa shape index (κ2) is 8.48. The third-order valence-electron chi connectivity index (χ3n) is 5.67. The summed E-state index contributed by atoms with van der Waals surface area (Å²) in [5.41, 5.74) is -4.81. The first-order valence-electron chi connectivity index (χ1n) is 9.89. The Morgan fingerprint density at radius 3 is 2.18 bits per heavy atom. The van der Waals surface area contributed by atoms with Crippen molar-refractivity contribution >= 4 is 15.7 Å². The largest absolute Gasteiger partial charge is 0.421 e. The van der Waals surface area contributed by atoms with Gasteiger partial charge < -0.3 is 10.0 Å². The van der Waals surface area contributed by atoms with Crippen LogP contribution in [0.15, 0.2) is 53.4 Å². The molecule has 3 rings (SSSR count). The van der Waals surface area contributed by atoms with Gasteiger partial charge in [-0.3, -0.25) is 0 Å². The minimum absolute atomic E-state index is 0.0450. The summed E-state index contributed by atoms with van der Waals surface area (Å²) in [5, 5.41) is 9.90. The highest BCUT2D eigenvalue weighted by Crippen LogP contribution is 2.40. The summed E-state index contributed by atoms with van der Waals surface area (Å²) in [6.07, 6.45) is -9.61. The van der Waals surface area contributed by atoms with Gasteiger partial charge in [0.05, 0.1) is 10.5 Å². The number of hydrogen-bond donors (Lipinski definition) is 1.